The van der Waals surface area contributed by atoms with Crippen molar-refractivity contribution in [2.45, 2.75) is 19.8 Å². The van der Waals surface area contributed by atoms with Crippen LogP contribution in [-0.2, 0) is 16.0 Å². The van der Waals surface area contributed by atoms with Gasteiger partial charge >= 0.3 is 0 Å². The fourth-order valence-electron chi connectivity index (χ4n) is 4.41. The number of aryl methyl sites for hydroxylation is 1. The fourth-order valence-corrected chi connectivity index (χ4v) is 4.41. The summed E-state index contributed by atoms with van der Waals surface area (Å²) in [4.78, 5) is 27.3. The lowest BCUT2D eigenvalue weighted by Crippen LogP contribution is -2.28. The second kappa shape index (κ2) is 9.40. The van der Waals surface area contributed by atoms with Crippen molar-refractivity contribution >= 4 is 34.0 Å². The standard InChI is InChI=1S/C29H26N2O3/c1-2-20-7-5-6-10-27(20)31-19-23(18-28(31)32)29(33)30-24-12-15-25(16-13-24)34-26-14-11-21-8-3-4-9-22(21)17-26/h3-17,23H,2,18-19H2,1H3,(H,30,33)/t23-/m0/s1. The van der Waals surface area contributed by atoms with Gasteiger partial charge in [0, 0.05) is 24.3 Å². The minimum absolute atomic E-state index is 0.0137. The van der Waals surface area contributed by atoms with Crippen LogP contribution in [0, 0.1) is 5.92 Å². The molecule has 0 bridgehead atoms. The van der Waals surface area contributed by atoms with Crippen molar-refractivity contribution < 1.29 is 14.3 Å². The molecule has 4 aromatic rings. The highest BCUT2D eigenvalue weighted by Gasteiger charge is 2.35. The van der Waals surface area contributed by atoms with Crippen LogP contribution in [0.4, 0.5) is 11.4 Å². The molecule has 0 radical (unpaired) electrons. The van der Waals surface area contributed by atoms with Crippen molar-refractivity contribution in [3.8, 4) is 11.5 Å². The van der Waals surface area contributed by atoms with Gasteiger partial charge in [-0.3, -0.25) is 9.59 Å². The number of nitrogens with one attached hydrogen (secondary N) is 1. The first-order valence-electron chi connectivity index (χ1n) is 11.6. The Morgan fingerprint density at radius 3 is 2.41 bits per heavy atom. The molecule has 1 fully saturated rings. The largest absolute Gasteiger partial charge is 0.457 e. The molecule has 5 nitrogen and oxygen atoms in total. The molecule has 0 saturated carbocycles. The lowest BCUT2D eigenvalue weighted by molar-refractivity contribution is -0.122. The van der Waals surface area contributed by atoms with Crippen LogP contribution in [0.5, 0.6) is 11.5 Å². The highest BCUT2D eigenvalue weighted by Crippen LogP contribution is 2.30. The van der Waals surface area contributed by atoms with Crippen LogP contribution in [0.15, 0.2) is 91.0 Å². The van der Waals surface area contributed by atoms with Gasteiger partial charge in [-0.25, -0.2) is 0 Å². The monoisotopic (exact) mass is 450 g/mol. The molecule has 170 valence electrons. The lowest BCUT2D eigenvalue weighted by atomic mass is 10.1. The molecule has 0 aromatic heterocycles. The van der Waals surface area contributed by atoms with E-state index in [9.17, 15) is 9.59 Å². The number of carbonyl (C=O) groups is 2. The molecular formula is C29H26N2O3. The summed E-state index contributed by atoms with van der Waals surface area (Å²) in [5.41, 5.74) is 2.69. The molecule has 1 N–H and O–H groups in total. The summed E-state index contributed by atoms with van der Waals surface area (Å²) in [5, 5.41) is 5.23. The average Bonchev–Trinajstić information content (AvgIpc) is 3.26. The first-order chi connectivity index (χ1) is 16.6. The zero-order chi connectivity index (χ0) is 23.5. The Morgan fingerprint density at radius 1 is 0.912 bits per heavy atom. The van der Waals surface area contributed by atoms with E-state index >= 15 is 0 Å². The van der Waals surface area contributed by atoms with Crippen LogP contribution in [0.1, 0.15) is 18.9 Å². The summed E-state index contributed by atoms with van der Waals surface area (Å²) >= 11 is 0. The van der Waals surface area contributed by atoms with Crippen LogP contribution in [0.2, 0.25) is 0 Å². The minimum atomic E-state index is -0.383. The Morgan fingerprint density at radius 2 is 1.62 bits per heavy atom. The SMILES string of the molecule is CCc1ccccc1N1C[C@@H](C(=O)Nc2ccc(Oc3ccc4ccccc4c3)cc2)CC1=O. The number of hydrogen-bond donors (Lipinski definition) is 1. The van der Waals surface area contributed by atoms with Crippen LogP contribution < -0.4 is 15.0 Å². The number of para-hydroxylation sites is 1. The summed E-state index contributed by atoms with van der Waals surface area (Å²) in [6, 6.07) is 29.3. The molecule has 34 heavy (non-hydrogen) atoms. The van der Waals surface area contributed by atoms with Crippen LogP contribution >= 0.6 is 0 Å². The molecule has 1 heterocycles. The van der Waals surface area contributed by atoms with Crippen molar-refractivity contribution in [2.24, 2.45) is 5.92 Å². The van der Waals surface area contributed by atoms with Gasteiger partial charge in [0.25, 0.3) is 0 Å². The van der Waals surface area contributed by atoms with Crippen molar-refractivity contribution in [3.63, 3.8) is 0 Å². The number of carbonyl (C=O) groups excluding carboxylic acids is 2. The third-order valence-electron chi connectivity index (χ3n) is 6.24. The first-order valence-corrected chi connectivity index (χ1v) is 11.6. The van der Waals surface area contributed by atoms with Crippen molar-refractivity contribution in [1.82, 2.24) is 0 Å². The predicted octanol–water partition coefficient (Wildman–Crippen LogP) is 6.19. The fraction of sp³-hybridized carbons (Fsp3) is 0.172. The number of fused-ring (bicyclic) bond motifs is 1. The van der Waals surface area contributed by atoms with Crippen molar-refractivity contribution in [1.29, 1.82) is 0 Å². The number of anilines is 2. The second-order valence-corrected chi connectivity index (χ2v) is 8.51. The number of rotatable bonds is 6. The van der Waals surface area contributed by atoms with E-state index in [2.05, 4.69) is 24.4 Å². The maximum atomic E-state index is 12.9. The van der Waals surface area contributed by atoms with E-state index in [0.717, 1.165) is 34.2 Å². The van der Waals surface area contributed by atoms with E-state index in [1.807, 2.05) is 78.9 Å². The predicted molar refractivity (Wildman–Crippen MR) is 135 cm³/mol. The molecular weight excluding hydrogens is 424 g/mol. The summed E-state index contributed by atoms with van der Waals surface area (Å²) in [7, 11) is 0. The van der Waals surface area contributed by atoms with Gasteiger partial charge in [-0.1, -0.05) is 55.5 Å². The zero-order valence-corrected chi connectivity index (χ0v) is 19.0. The van der Waals surface area contributed by atoms with Crippen LogP contribution in [0.25, 0.3) is 10.8 Å². The molecule has 5 rings (SSSR count). The van der Waals surface area contributed by atoms with Gasteiger partial charge < -0.3 is 15.0 Å². The topological polar surface area (TPSA) is 58.6 Å². The molecule has 0 unspecified atom stereocenters. The molecule has 0 spiro atoms. The zero-order valence-electron chi connectivity index (χ0n) is 19.0. The summed E-state index contributed by atoms with van der Waals surface area (Å²) in [6.45, 7) is 2.46. The average molecular weight is 451 g/mol. The Balaban J connectivity index is 1.22. The van der Waals surface area contributed by atoms with Crippen molar-refractivity contribution in [3.05, 3.63) is 96.6 Å². The molecule has 1 atom stereocenters. The smallest absolute Gasteiger partial charge is 0.229 e. The quantitative estimate of drug-likeness (QED) is 0.381. The van der Waals surface area contributed by atoms with Crippen LogP contribution in [-0.4, -0.2) is 18.4 Å². The molecule has 4 aromatic carbocycles. The highest BCUT2D eigenvalue weighted by molar-refractivity contribution is 6.03. The summed E-state index contributed by atoms with van der Waals surface area (Å²) in [5.74, 6) is 0.901. The lowest BCUT2D eigenvalue weighted by Gasteiger charge is -2.20. The van der Waals surface area contributed by atoms with Gasteiger partial charge in [0.05, 0.1) is 5.92 Å². The highest BCUT2D eigenvalue weighted by atomic mass is 16.5. The maximum Gasteiger partial charge on any atom is 0.229 e. The Labute approximate surface area is 199 Å². The van der Waals surface area contributed by atoms with Crippen LogP contribution in [0.3, 0.4) is 0 Å². The third kappa shape index (κ3) is 4.50. The number of ether oxygens (including phenoxy) is 1. The second-order valence-electron chi connectivity index (χ2n) is 8.51. The van der Waals surface area contributed by atoms with E-state index in [-0.39, 0.29) is 24.2 Å². The van der Waals surface area contributed by atoms with Gasteiger partial charge in [-0.15, -0.1) is 0 Å². The molecule has 1 saturated heterocycles. The van der Waals surface area contributed by atoms with E-state index in [0.29, 0.717) is 18.0 Å². The Hall–Kier alpha value is -4.12. The van der Waals surface area contributed by atoms with E-state index in [1.54, 1.807) is 4.90 Å². The number of benzene rings is 4. The third-order valence-corrected chi connectivity index (χ3v) is 6.24. The van der Waals surface area contributed by atoms with Gasteiger partial charge in [-0.2, -0.15) is 0 Å². The Kier molecular flexibility index (Phi) is 6.00. The number of hydrogen-bond acceptors (Lipinski definition) is 3. The molecule has 1 aliphatic rings. The van der Waals surface area contributed by atoms with Gasteiger partial charge in [0.15, 0.2) is 0 Å². The van der Waals surface area contributed by atoms with Crippen molar-refractivity contribution in [2.75, 3.05) is 16.8 Å². The van der Waals surface area contributed by atoms with E-state index in [1.165, 1.54) is 0 Å². The van der Waals surface area contributed by atoms with E-state index < -0.39 is 0 Å². The van der Waals surface area contributed by atoms with Gasteiger partial charge in [0.1, 0.15) is 11.5 Å². The number of nitrogens with zero attached hydrogens (tertiary/aromatic N) is 1. The number of amides is 2. The molecule has 2 amide bonds. The van der Waals surface area contributed by atoms with Gasteiger partial charge in [-0.05, 0) is 65.2 Å². The molecule has 1 aliphatic heterocycles. The Bertz CT molecular complexity index is 1350. The maximum absolute atomic E-state index is 12.9. The van der Waals surface area contributed by atoms with Gasteiger partial charge in [0.2, 0.25) is 11.8 Å². The molecule has 5 heteroatoms. The molecule has 0 aliphatic carbocycles. The van der Waals surface area contributed by atoms with E-state index in [4.69, 9.17) is 4.74 Å². The first kappa shape index (κ1) is 21.7. The minimum Gasteiger partial charge on any atom is -0.457 e. The normalized spacial score (nSPS) is 15.5. The summed E-state index contributed by atoms with van der Waals surface area (Å²) < 4.78 is 5.98. The summed E-state index contributed by atoms with van der Waals surface area (Å²) in [6.07, 6.45) is 1.05.